The first-order valence-electron chi connectivity index (χ1n) is 11.2. The number of morpholine rings is 1. The average molecular weight is 380 g/mol. The molecular weight excluding hydrogens is 342 g/mol. The van der Waals surface area contributed by atoms with Crippen LogP contribution in [0.5, 0.6) is 0 Å². The molecule has 0 N–H and O–H groups in total. The topological polar surface area (TPSA) is 45.2 Å². The van der Waals surface area contributed by atoms with E-state index in [-0.39, 0.29) is 0 Å². The molecule has 0 aromatic carbocycles. The lowest BCUT2D eigenvalue weighted by molar-refractivity contribution is -0.139. The fraction of sp³-hybridized carbons (Fsp3) is 0.952. The Bertz CT molecular complexity index is 477. The minimum Gasteiger partial charge on any atom is -0.381 e. The van der Waals surface area contributed by atoms with Gasteiger partial charge in [-0.2, -0.15) is 0 Å². The van der Waals surface area contributed by atoms with Gasteiger partial charge in [0.05, 0.1) is 19.8 Å². The summed E-state index contributed by atoms with van der Waals surface area (Å²) in [6.45, 7) is 9.11. The van der Waals surface area contributed by atoms with E-state index in [1.54, 1.807) is 0 Å². The van der Waals surface area contributed by atoms with Gasteiger partial charge in [0.1, 0.15) is 0 Å². The fourth-order valence-electron chi connectivity index (χ4n) is 5.48. The molecule has 0 aromatic rings. The van der Waals surface area contributed by atoms with E-state index in [0.29, 0.717) is 24.5 Å². The lowest BCUT2D eigenvalue weighted by Crippen LogP contribution is -2.58. The Morgan fingerprint density at radius 2 is 1.52 bits per heavy atom. The molecule has 4 fully saturated rings. The normalized spacial score (nSPS) is 32.1. The van der Waals surface area contributed by atoms with Crippen molar-refractivity contribution in [1.82, 2.24) is 14.7 Å². The number of carbonyl (C=O) groups excluding carboxylic acids is 1. The molecule has 4 saturated heterocycles. The van der Waals surface area contributed by atoms with Gasteiger partial charge in [0.25, 0.3) is 0 Å². The molecule has 4 rings (SSSR count). The van der Waals surface area contributed by atoms with Crippen LogP contribution in [0.15, 0.2) is 0 Å². The van der Waals surface area contributed by atoms with Crippen LogP contribution in [0.25, 0.3) is 0 Å². The first-order valence-corrected chi connectivity index (χ1v) is 11.2. The number of carbonyl (C=O) groups is 1. The Hall–Kier alpha value is -0.690. The second-order valence-corrected chi connectivity index (χ2v) is 8.80. The molecule has 0 spiro atoms. The number of piperidine rings is 1. The molecule has 1 amide bonds. The van der Waals surface area contributed by atoms with Crippen molar-refractivity contribution in [3.05, 3.63) is 0 Å². The number of hydrogen-bond acceptors (Lipinski definition) is 5. The van der Waals surface area contributed by atoms with Gasteiger partial charge in [-0.25, -0.2) is 0 Å². The second kappa shape index (κ2) is 9.68. The standard InChI is InChI=1S/C21H37N3O3/c25-21(17-22-10-14-27-15-11-22)24-9-3-5-19-20(24)4-1-2-8-23(19)16-18-6-12-26-13-7-18/h18-20H,1-17H2/t19-,20-/m1/s1. The van der Waals surface area contributed by atoms with Gasteiger partial charge in [0.15, 0.2) is 0 Å². The van der Waals surface area contributed by atoms with Crippen LogP contribution in [0.1, 0.15) is 44.9 Å². The summed E-state index contributed by atoms with van der Waals surface area (Å²) < 4.78 is 11.0. The Balaban J connectivity index is 1.39. The Labute approximate surface area is 164 Å². The molecule has 6 heteroatoms. The van der Waals surface area contributed by atoms with Gasteiger partial charge in [0, 0.05) is 51.5 Å². The van der Waals surface area contributed by atoms with E-state index in [9.17, 15) is 4.79 Å². The van der Waals surface area contributed by atoms with Crippen LogP contribution in [0.3, 0.4) is 0 Å². The van der Waals surface area contributed by atoms with Crippen LogP contribution < -0.4 is 0 Å². The first-order chi connectivity index (χ1) is 13.3. The van der Waals surface area contributed by atoms with E-state index in [2.05, 4.69) is 14.7 Å². The maximum Gasteiger partial charge on any atom is 0.237 e. The Kier molecular flexibility index (Phi) is 7.03. The van der Waals surface area contributed by atoms with Gasteiger partial charge in [0.2, 0.25) is 5.91 Å². The molecule has 0 aromatic heterocycles. The molecule has 2 atom stereocenters. The van der Waals surface area contributed by atoms with Crippen molar-refractivity contribution in [2.75, 3.05) is 65.7 Å². The zero-order valence-electron chi connectivity index (χ0n) is 16.8. The van der Waals surface area contributed by atoms with Crippen LogP contribution in [0.2, 0.25) is 0 Å². The van der Waals surface area contributed by atoms with Gasteiger partial charge in [-0.1, -0.05) is 6.42 Å². The van der Waals surface area contributed by atoms with Gasteiger partial charge in [-0.05, 0) is 51.0 Å². The van der Waals surface area contributed by atoms with Gasteiger partial charge >= 0.3 is 0 Å². The molecule has 0 radical (unpaired) electrons. The third-order valence-electron chi connectivity index (χ3n) is 7.02. The number of fused-ring (bicyclic) bond motifs is 1. The molecule has 6 nitrogen and oxygen atoms in total. The summed E-state index contributed by atoms with van der Waals surface area (Å²) in [4.78, 5) is 20.4. The predicted molar refractivity (Wildman–Crippen MR) is 105 cm³/mol. The smallest absolute Gasteiger partial charge is 0.237 e. The maximum atomic E-state index is 13.1. The van der Waals surface area contributed by atoms with E-state index >= 15 is 0 Å². The van der Waals surface area contributed by atoms with Crippen LogP contribution in [0, 0.1) is 5.92 Å². The lowest BCUT2D eigenvalue weighted by atomic mass is 9.91. The highest BCUT2D eigenvalue weighted by atomic mass is 16.5. The predicted octanol–water partition coefficient (Wildman–Crippen LogP) is 1.59. The molecule has 0 saturated carbocycles. The molecule has 154 valence electrons. The maximum absolute atomic E-state index is 13.1. The molecule has 0 aliphatic carbocycles. The van der Waals surface area contributed by atoms with Crippen molar-refractivity contribution in [2.24, 2.45) is 5.92 Å². The van der Waals surface area contributed by atoms with Crippen molar-refractivity contribution in [1.29, 1.82) is 0 Å². The fourth-order valence-corrected chi connectivity index (χ4v) is 5.48. The van der Waals surface area contributed by atoms with E-state index < -0.39 is 0 Å². The number of likely N-dealkylation sites (tertiary alicyclic amines) is 2. The van der Waals surface area contributed by atoms with Gasteiger partial charge in [-0.15, -0.1) is 0 Å². The molecular formula is C21H37N3O3. The summed E-state index contributed by atoms with van der Waals surface area (Å²) in [5.74, 6) is 1.12. The number of nitrogens with zero attached hydrogens (tertiary/aromatic N) is 3. The van der Waals surface area contributed by atoms with Crippen molar-refractivity contribution in [3.8, 4) is 0 Å². The van der Waals surface area contributed by atoms with Crippen molar-refractivity contribution in [2.45, 2.75) is 57.0 Å². The zero-order chi connectivity index (χ0) is 18.5. The monoisotopic (exact) mass is 379 g/mol. The highest BCUT2D eigenvalue weighted by Crippen LogP contribution is 2.31. The summed E-state index contributed by atoms with van der Waals surface area (Å²) >= 11 is 0. The molecule has 4 aliphatic heterocycles. The average Bonchev–Trinajstić information content (AvgIpc) is 2.92. The zero-order valence-corrected chi connectivity index (χ0v) is 16.8. The number of rotatable bonds is 4. The summed E-state index contributed by atoms with van der Waals surface area (Å²) in [5, 5.41) is 0. The summed E-state index contributed by atoms with van der Waals surface area (Å²) in [6.07, 6.45) is 8.54. The third kappa shape index (κ3) is 5.03. The van der Waals surface area contributed by atoms with Gasteiger partial charge in [-0.3, -0.25) is 14.6 Å². The quantitative estimate of drug-likeness (QED) is 0.742. The number of ether oxygens (including phenoxy) is 2. The van der Waals surface area contributed by atoms with E-state index in [0.717, 1.165) is 58.4 Å². The summed E-state index contributed by atoms with van der Waals surface area (Å²) in [6, 6.07) is 0.993. The van der Waals surface area contributed by atoms with Crippen LogP contribution in [-0.4, -0.2) is 98.4 Å². The van der Waals surface area contributed by atoms with Crippen molar-refractivity contribution < 1.29 is 14.3 Å². The van der Waals surface area contributed by atoms with E-state index in [1.807, 2.05) is 0 Å². The number of hydrogen-bond donors (Lipinski definition) is 0. The molecule has 0 bridgehead atoms. The molecule has 4 heterocycles. The van der Waals surface area contributed by atoms with Crippen molar-refractivity contribution in [3.63, 3.8) is 0 Å². The second-order valence-electron chi connectivity index (χ2n) is 8.80. The van der Waals surface area contributed by atoms with E-state index in [4.69, 9.17) is 9.47 Å². The molecule has 0 unspecified atom stereocenters. The Morgan fingerprint density at radius 3 is 2.33 bits per heavy atom. The first kappa shape index (κ1) is 19.6. The highest BCUT2D eigenvalue weighted by molar-refractivity contribution is 5.78. The minimum absolute atomic E-state index is 0.347. The van der Waals surface area contributed by atoms with Gasteiger partial charge < -0.3 is 14.4 Å². The third-order valence-corrected chi connectivity index (χ3v) is 7.02. The Morgan fingerprint density at radius 1 is 0.778 bits per heavy atom. The van der Waals surface area contributed by atoms with Crippen LogP contribution >= 0.6 is 0 Å². The summed E-state index contributed by atoms with van der Waals surface area (Å²) in [7, 11) is 0. The van der Waals surface area contributed by atoms with E-state index in [1.165, 1.54) is 51.6 Å². The largest absolute Gasteiger partial charge is 0.381 e. The minimum atomic E-state index is 0.347. The summed E-state index contributed by atoms with van der Waals surface area (Å²) in [5.41, 5.74) is 0. The highest BCUT2D eigenvalue weighted by Gasteiger charge is 2.39. The van der Waals surface area contributed by atoms with Crippen LogP contribution in [0.4, 0.5) is 0 Å². The lowest BCUT2D eigenvalue weighted by Gasteiger charge is -2.46. The SMILES string of the molecule is O=C(CN1CCOCC1)N1CCC[C@@H]2[C@H]1CCCCN2CC1CCOCC1. The van der Waals surface area contributed by atoms with Crippen LogP contribution in [-0.2, 0) is 14.3 Å². The van der Waals surface area contributed by atoms with Crippen molar-refractivity contribution >= 4 is 5.91 Å². The molecule has 4 aliphatic rings. The number of amides is 1. The molecule has 27 heavy (non-hydrogen) atoms.